The number of nitrogens with one attached hydrogen (secondary N) is 1. The zero-order valence-corrected chi connectivity index (χ0v) is 15.1. The lowest BCUT2D eigenvalue weighted by Crippen LogP contribution is -2.38. The van der Waals surface area contributed by atoms with Gasteiger partial charge in [0.05, 0.1) is 24.5 Å². The second kappa shape index (κ2) is 6.04. The van der Waals surface area contributed by atoms with Crippen LogP contribution >= 0.6 is 0 Å². The maximum Gasteiger partial charge on any atom is 0.266 e. The van der Waals surface area contributed by atoms with Gasteiger partial charge in [-0.1, -0.05) is 0 Å². The van der Waals surface area contributed by atoms with E-state index in [0.717, 1.165) is 37.9 Å². The van der Waals surface area contributed by atoms with Crippen molar-refractivity contribution >= 4 is 17.0 Å². The van der Waals surface area contributed by atoms with E-state index in [-0.39, 0.29) is 17.2 Å². The molecule has 1 unspecified atom stereocenters. The van der Waals surface area contributed by atoms with Gasteiger partial charge in [0.2, 0.25) is 5.95 Å². The molecule has 0 aromatic carbocycles. The Balaban J connectivity index is 1.47. The summed E-state index contributed by atoms with van der Waals surface area (Å²) in [6.07, 6.45) is 5.73. The Kier molecular flexibility index (Phi) is 3.63. The summed E-state index contributed by atoms with van der Waals surface area (Å²) in [6, 6.07) is 3.53. The van der Waals surface area contributed by atoms with Gasteiger partial charge in [0.25, 0.3) is 11.1 Å². The Hall–Kier alpha value is -2.97. The molecule has 1 N–H and O–H groups in total. The first kappa shape index (κ1) is 16.2. The fourth-order valence-electron chi connectivity index (χ4n) is 3.85. The number of aromatic nitrogens is 6. The van der Waals surface area contributed by atoms with E-state index in [1.54, 1.807) is 22.5 Å². The van der Waals surface area contributed by atoms with Crippen molar-refractivity contribution < 1.29 is 0 Å². The van der Waals surface area contributed by atoms with Crippen molar-refractivity contribution in [3.63, 3.8) is 0 Å². The van der Waals surface area contributed by atoms with Gasteiger partial charge in [-0.3, -0.25) is 19.3 Å². The van der Waals surface area contributed by atoms with Crippen LogP contribution in [0, 0.1) is 0 Å². The van der Waals surface area contributed by atoms with E-state index >= 15 is 0 Å². The molecular formula is C18H21N7O2. The van der Waals surface area contributed by atoms with Gasteiger partial charge in [0, 0.05) is 25.6 Å². The van der Waals surface area contributed by atoms with Crippen LogP contribution in [-0.2, 0) is 13.6 Å². The van der Waals surface area contributed by atoms with Crippen molar-refractivity contribution in [2.24, 2.45) is 7.05 Å². The fourth-order valence-corrected chi connectivity index (χ4v) is 3.85. The number of rotatable bonds is 4. The molecule has 2 fully saturated rings. The summed E-state index contributed by atoms with van der Waals surface area (Å²) < 4.78 is 3.17. The van der Waals surface area contributed by atoms with Gasteiger partial charge in [0.1, 0.15) is 5.39 Å². The molecule has 0 spiro atoms. The van der Waals surface area contributed by atoms with Gasteiger partial charge in [-0.25, -0.2) is 4.68 Å². The molecule has 1 aliphatic carbocycles. The maximum absolute atomic E-state index is 12.4. The van der Waals surface area contributed by atoms with E-state index in [1.165, 1.54) is 6.20 Å². The van der Waals surface area contributed by atoms with Crippen LogP contribution < -0.4 is 16.0 Å². The zero-order chi connectivity index (χ0) is 18.5. The molecule has 1 atom stereocenters. The zero-order valence-electron chi connectivity index (χ0n) is 15.1. The van der Waals surface area contributed by atoms with Crippen molar-refractivity contribution in [2.45, 2.75) is 44.2 Å². The summed E-state index contributed by atoms with van der Waals surface area (Å²) in [5, 5.41) is 9.16. The van der Waals surface area contributed by atoms with Gasteiger partial charge in [0.15, 0.2) is 5.65 Å². The molecule has 2 aliphatic rings. The van der Waals surface area contributed by atoms with Crippen molar-refractivity contribution in [3.05, 3.63) is 44.7 Å². The van der Waals surface area contributed by atoms with Crippen molar-refractivity contribution in [3.8, 4) is 0 Å². The van der Waals surface area contributed by atoms with Crippen LogP contribution in [-0.4, -0.2) is 42.1 Å². The third-order valence-electron chi connectivity index (χ3n) is 5.50. The van der Waals surface area contributed by atoms with Gasteiger partial charge in [-0.15, -0.1) is 0 Å². The molecule has 9 heteroatoms. The first-order valence-corrected chi connectivity index (χ1v) is 9.37. The lowest BCUT2D eigenvalue weighted by atomic mass is 10.2. The highest BCUT2D eigenvalue weighted by Crippen LogP contribution is 2.38. The first-order valence-electron chi connectivity index (χ1n) is 9.37. The number of anilines is 1. The number of nitrogens with zero attached hydrogens (tertiary/aromatic N) is 6. The van der Waals surface area contributed by atoms with Gasteiger partial charge < -0.3 is 4.90 Å². The average molecular weight is 367 g/mol. The quantitative estimate of drug-likeness (QED) is 0.730. The van der Waals surface area contributed by atoms with E-state index in [1.807, 2.05) is 6.07 Å². The van der Waals surface area contributed by atoms with E-state index in [4.69, 9.17) is 0 Å². The monoisotopic (exact) mass is 367 g/mol. The van der Waals surface area contributed by atoms with Gasteiger partial charge in [-0.05, 0) is 31.7 Å². The Labute approximate surface area is 154 Å². The number of hydrogen-bond acceptors (Lipinski definition) is 6. The maximum atomic E-state index is 12.4. The average Bonchev–Trinajstić information content (AvgIpc) is 3.29. The standard InChI is InChI=1S/C18H21N7O2/c1-23-16-13(9-19-23)17(27)21-18(20-16)24-8-2-3-12(24)10-25-15(26)7-6-14(22-25)11-4-5-11/h6-7,9,11-12H,2-5,8,10H2,1H3,(H,20,21,27). The third kappa shape index (κ3) is 2.83. The molecule has 5 rings (SSSR count). The lowest BCUT2D eigenvalue weighted by molar-refractivity contribution is 0.479. The second-order valence-corrected chi connectivity index (χ2v) is 7.44. The molecule has 3 aromatic heterocycles. The number of aryl methyl sites for hydroxylation is 1. The number of H-pyrrole nitrogens is 1. The Morgan fingerprint density at radius 1 is 1.22 bits per heavy atom. The third-order valence-corrected chi connectivity index (χ3v) is 5.50. The molecule has 9 nitrogen and oxygen atoms in total. The minimum Gasteiger partial charge on any atom is -0.337 e. The summed E-state index contributed by atoms with van der Waals surface area (Å²) >= 11 is 0. The molecule has 0 amide bonds. The summed E-state index contributed by atoms with van der Waals surface area (Å²) in [7, 11) is 1.77. The minimum atomic E-state index is -0.195. The van der Waals surface area contributed by atoms with Gasteiger partial charge in [-0.2, -0.15) is 15.2 Å². The summed E-state index contributed by atoms with van der Waals surface area (Å²) in [5.74, 6) is 1.03. The van der Waals surface area contributed by atoms with Crippen molar-refractivity contribution in [1.82, 2.24) is 29.5 Å². The summed E-state index contributed by atoms with van der Waals surface area (Å²) in [6.45, 7) is 1.28. The molecule has 27 heavy (non-hydrogen) atoms. The van der Waals surface area contributed by atoms with Gasteiger partial charge >= 0.3 is 0 Å². The molecule has 0 radical (unpaired) electrons. The smallest absolute Gasteiger partial charge is 0.266 e. The topological polar surface area (TPSA) is 102 Å². The fraction of sp³-hybridized carbons (Fsp3) is 0.500. The van der Waals surface area contributed by atoms with Crippen LogP contribution in [0.4, 0.5) is 5.95 Å². The SMILES string of the molecule is Cn1ncc2c(=O)[nH]c(N3CCCC3Cn3nc(C4CC4)ccc3=O)nc21. The molecular weight excluding hydrogens is 346 g/mol. The highest BCUT2D eigenvalue weighted by Gasteiger charge is 2.29. The molecule has 1 saturated heterocycles. The van der Waals surface area contributed by atoms with Crippen LogP contribution in [0.15, 0.2) is 27.9 Å². The largest absolute Gasteiger partial charge is 0.337 e. The first-order chi connectivity index (χ1) is 13.1. The van der Waals surface area contributed by atoms with Crippen molar-refractivity contribution in [1.29, 1.82) is 0 Å². The second-order valence-electron chi connectivity index (χ2n) is 7.44. The van der Waals surface area contributed by atoms with E-state index in [9.17, 15) is 9.59 Å². The summed E-state index contributed by atoms with van der Waals surface area (Å²) in [4.78, 5) is 34.2. The molecule has 140 valence electrons. The highest BCUT2D eigenvalue weighted by molar-refractivity contribution is 5.74. The molecule has 0 bridgehead atoms. The predicted octanol–water partition coefficient (Wildman–Crippen LogP) is 0.760. The number of fused-ring (bicyclic) bond motifs is 1. The highest BCUT2D eigenvalue weighted by atomic mass is 16.1. The minimum absolute atomic E-state index is 0.0680. The van der Waals surface area contributed by atoms with Crippen LogP contribution in [0.5, 0.6) is 0 Å². The Morgan fingerprint density at radius 3 is 2.89 bits per heavy atom. The molecule has 1 saturated carbocycles. The normalized spacial score (nSPS) is 19.9. The number of hydrogen-bond donors (Lipinski definition) is 1. The Morgan fingerprint density at radius 2 is 2.07 bits per heavy atom. The van der Waals surface area contributed by atoms with Crippen LogP contribution in [0.1, 0.15) is 37.3 Å². The Bertz CT molecular complexity index is 1120. The lowest BCUT2D eigenvalue weighted by Gasteiger charge is -2.25. The van der Waals surface area contributed by atoms with E-state index in [0.29, 0.717) is 29.4 Å². The summed E-state index contributed by atoms with van der Waals surface area (Å²) in [5.41, 5.74) is 1.28. The van der Waals surface area contributed by atoms with Crippen molar-refractivity contribution in [2.75, 3.05) is 11.4 Å². The molecule has 3 aromatic rings. The van der Waals surface area contributed by atoms with Crippen LogP contribution in [0.25, 0.3) is 11.0 Å². The molecule has 1 aliphatic heterocycles. The molecule has 4 heterocycles. The van der Waals surface area contributed by atoms with Crippen LogP contribution in [0.3, 0.4) is 0 Å². The number of aromatic amines is 1. The van der Waals surface area contributed by atoms with E-state index < -0.39 is 0 Å². The predicted molar refractivity (Wildman–Crippen MR) is 100.0 cm³/mol. The van der Waals surface area contributed by atoms with Crippen LogP contribution in [0.2, 0.25) is 0 Å². The van der Waals surface area contributed by atoms with E-state index in [2.05, 4.69) is 25.1 Å².